The van der Waals surface area contributed by atoms with E-state index in [0.29, 0.717) is 35.9 Å². The summed E-state index contributed by atoms with van der Waals surface area (Å²) in [5.74, 6) is -0.515. The Morgan fingerprint density at radius 3 is 2.72 bits per heavy atom. The molecule has 1 N–H and O–H groups in total. The second-order valence-corrected chi connectivity index (χ2v) is 7.74. The van der Waals surface area contributed by atoms with Gasteiger partial charge in [0.15, 0.2) is 0 Å². The zero-order valence-electron chi connectivity index (χ0n) is 15.7. The number of urea groups is 1. The lowest BCUT2D eigenvalue weighted by molar-refractivity contribution is 0.103. The number of thiophene rings is 1. The highest BCUT2D eigenvalue weighted by Gasteiger charge is 2.28. The molecule has 0 aliphatic carbocycles. The third-order valence-corrected chi connectivity index (χ3v) is 5.63. The number of benzene rings is 2. The average molecular weight is 409 g/mol. The second kappa shape index (κ2) is 8.45. The van der Waals surface area contributed by atoms with Crippen LogP contribution in [0.4, 0.5) is 20.6 Å². The lowest BCUT2D eigenvalue weighted by Crippen LogP contribution is -2.49. The van der Waals surface area contributed by atoms with Crippen LogP contribution in [0.5, 0.6) is 0 Å². The average Bonchev–Trinajstić information content (AvgIpc) is 3.25. The summed E-state index contributed by atoms with van der Waals surface area (Å²) >= 11 is 1.36. The Balaban J connectivity index is 1.54. The molecular weight excluding hydrogens is 389 g/mol. The molecule has 29 heavy (non-hydrogen) atoms. The number of hydrogen-bond acceptors (Lipinski definition) is 3. The van der Waals surface area contributed by atoms with Gasteiger partial charge in [-0.1, -0.05) is 30.3 Å². The van der Waals surface area contributed by atoms with Crippen molar-refractivity contribution in [3.05, 3.63) is 82.3 Å². The van der Waals surface area contributed by atoms with E-state index < -0.39 is 0 Å². The Morgan fingerprint density at radius 1 is 1.07 bits per heavy atom. The van der Waals surface area contributed by atoms with Gasteiger partial charge >= 0.3 is 6.03 Å². The van der Waals surface area contributed by atoms with Crippen LogP contribution in [-0.2, 0) is 6.54 Å². The summed E-state index contributed by atoms with van der Waals surface area (Å²) in [7, 11) is 0. The molecule has 4 rings (SSSR count). The molecule has 7 heteroatoms. The molecule has 0 spiro atoms. The highest BCUT2D eigenvalue weighted by molar-refractivity contribution is 7.12. The predicted molar refractivity (Wildman–Crippen MR) is 113 cm³/mol. The fourth-order valence-electron chi connectivity index (χ4n) is 3.41. The number of carbonyl (C=O) groups excluding carboxylic acids is 2. The minimum Gasteiger partial charge on any atom is -0.320 e. The SMILES string of the molecule is O=C(Nc1ccccc1N1CCCN(Cc2cccc(F)c2)C1=O)c1cccs1. The van der Waals surface area contributed by atoms with Gasteiger partial charge in [0.2, 0.25) is 0 Å². The van der Waals surface area contributed by atoms with E-state index in [1.807, 2.05) is 35.7 Å². The Bertz CT molecular complexity index is 1020. The Labute approximate surface area is 172 Å². The summed E-state index contributed by atoms with van der Waals surface area (Å²) in [4.78, 5) is 29.6. The van der Waals surface area contributed by atoms with Crippen molar-refractivity contribution in [1.82, 2.24) is 4.90 Å². The normalized spacial score (nSPS) is 14.2. The van der Waals surface area contributed by atoms with Gasteiger partial charge in [0, 0.05) is 19.6 Å². The summed E-state index contributed by atoms with van der Waals surface area (Å²) in [5, 5.41) is 4.76. The van der Waals surface area contributed by atoms with Crippen LogP contribution < -0.4 is 10.2 Å². The monoisotopic (exact) mass is 409 g/mol. The van der Waals surface area contributed by atoms with Crippen LogP contribution in [0, 0.1) is 5.82 Å². The van der Waals surface area contributed by atoms with Crippen molar-refractivity contribution in [3.8, 4) is 0 Å². The number of halogens is 1. The molecule has 1 saturated heterocycles. The summed E-state index contributed by atoms with van der Waals surface area (Å²) in [6, 6.07) is 17.0. The van der Waals surface area contributed by atoms with Gasteiger partial charge < -0.3 is 10.2 Å². The predicted octanol–water partition coefficient (Wildman–Crippen LogP) is 4.97. The number of carbonyl (C=O) groups is 2. The Morgan fingerprint density at radius 2 is 1.93 bits per heavy atom. The van der Waals surface area contributed by atoms with Gasteiger partial charge in [0.05, 0.1) is 16.3 Å². The number of rotatable bonds is 5. The van der Waals surface area contributed by atoms with Crippen molar-refractivity contribution in [2.45, 2.75) is 13.0 Å². The molecule has 5 nitrogen and oxygen atoms in total. The van der Waals surface area contributed by atoms with Crippen LogP contribution in [0.2, 0.25) is 0 Å². The summed E-state index contributed by atoms with van der Waals surface area (Å²) < 4.78 is 13.5. The first-order chi connectivity index (χ1) is 14.1. The number of nitrogens with one attached hydrogen (secondary N) is 1. The van der Waals surface area contributed by atoms with Crippen LogP contribution >= 0.6 is 11.3 Å². The van der Waals surface area contributed by atoms with Crippen LogP contribution in [-0.4, -0.2) is 29.9 Å². The van der Waals surface area contributed by atoms with E-state index in [2.05, 4.69) is 5.32 Å². The third kappa shape index (κ3) is 4.30. The van der Waals surface area contributed by atoms with Crippen molar-refractivity contribution in [2.75, 3.05) is 23.3 Å². The lowest BCUT2D eigenvalue weighted by atomic mass is 10.1. The summed E-state index contributed by atoms with van der Waals surface area (Å²) in [6.45, 7) is 1.51. The van der Waals surface area contributed by atoms with Gasteiger partial charge in [-0.3, -0.25) is 9.69 Å². The van der Waals surface area contributed by atoms with E-state index in [9.17, 15) is 14.0 Å². The second-order valence-electron chi connectivity index (χ2n) is 6.79. The van der Waals surface area contributed by atoms with Gasteiger partial charge in [-0.05, 0) is 47.7 Å². The van der Waals surface area contributed by atoms with Crippen LogP contribution in [0.1, 0.15) is 21.7 Å². The largest absolute Gasteiger partial charge is 0.324 e. The minimum absolute atomic E-state index is 0.154. The van der Waals surface area contributed by atoms with Crippen molar-refractivity contribution < 1.29 is 14.0 Å². The van der Waals surface area contributed by atoms with Gasteiger partial charge in [-0.25, -0.2) is 9.18 Å². The maximum atomic E-state index is 13.5. The van der Waals surface area contributed by atoms with Gasteiger partial charge in [-0.15, -0.1) is 11.3 Å². The molecule has 0 saturated carbocycles. The molecule has 0 atom stereocenters. The third-order valence-electron chi connectivity index (χ3n) is 4.76. The molecule has 3 amide bonds. The molecule has 1 aliphatic heterocycles. The molecule has 2 heterocycles. The fourth-order valence-corrected chi connectivity index (χ4v) is 4.03. The van der Waals surface area contributed by atoms with Gasteiger partial charge in [-0.2, -0.15) is 0 Å². The number of para-hydroxylation sites is 2. The topological polar surface area (TPSA) is 52.7 Å². The molecule has 0 bridgehead atoms. The Hall–Kier alpha value is -3.19. The number of amides is 3. The molecule has 0 unspecified atom stereocenters. The number of nitrogens with zero attached hydrogens (tertiary/aromatic N) is 2. The van der Waals surface area contributed by atoms with Gasteiger partial charge in [0.25, 0.3) is 5.91 Å². The first kappa shape index (κ1) is 19.1. The first-order valence-electron chi connectivity index (χ1n) is 9.36. The van der Waals surface area contributed by atoms with Crippen LogP contribution in [0.15, 0.2) is 66.0 Å². The molecular formula is C22H20FN3O2S. The van der Waals surface area contributed by atoms with Crippen LogP contribution in [0.25, 0.3) is 0 Å². The zero-order valence-corrected chi connectivity index (χ0v) is 16.5. The maximum absolute atomic E-state index is 13.5. The van der Waals surface area contributed by atoms with E-state index in [4.69, 9.17) is 0 Å². The van der Waals surface area contributed by atoms with E-state index in [1.165, 1.54) is 23.5 Å². The molecule has 1 fully saturated rings. The first-order valence-corrected chi connectivity index (χ1v) is 10.2. The quantitative estimate of drug-likeness (QED) is 0.647. The fraction of sp³-hybridized carbons (Fsp3) is 0.182. The van der Waals surface area contributed by atoms with Crippen molar-refractivity contribution in [2.24, 2.45) is 0 Å². The lowest BCUT2D eigenvalue weighted by Gasteiger charge is -2.36. The molecule has 2 aromatic carbocycles. The molecule has 148 valence electrons. The molecule has 0 radical (unpaired) electrons. The number of hydrogen-bond donors (Lipinski definition) is 1. The maximum Gasteiger partial charge on any atom is 0.324 e. The minimum atomic E-state index is -0.314. The van der Waals surface area contributed by atoms with E-state index in [-0.39, 0.29) is 17.8 Å². The summed E-state index contributed by atoms with van der Waals surface area (Å²) in [5.41, 5.74) is 2.00. The van der Waals surface area contributed by atoms with Gasteiger partial charge in [0.1, 0.15) is 5.82 Å². The van der Waals surface area contributed by atoms with E-state index in [0.717, 1.165) is 12.0 Å². The number of anilines is 2. The molecule has 1 aliphatic rings. The van der Waals surface area contributed by atoms with E-state index in [1.54, 1.807) is 28.0 Å². The van der Waals surface area contributed by atoms with Crippen molar-refractivity contribution >= 4 is 34.6 Å². The Kier molecular flexibility index (Phi) is 5.57. The van der Waals surface area contributed by atoms with Crippen molar-refractivity contribution in [1.29, 1.82) is 0 Å². The smallest absolute Gasteiger partial charge is 0.320 e. The standard InChI is InChI=1S/C22H20FN3O2S/c23-17-7-3-6-16(14-17)15-25-11-5-12-26(22(25)28)19-9-2-1-8-18(19)24-21(27)20-10-4-13-29-20/h1-4,6-10,13-14H,5,11-12,15H2,(H,24,27). The van der Waals surface area contributed by atoms with Crippen molar-refractivity contribution in [3.63, 3.8) is 0 Å². The highest BCUT2D eigenvalue weighted by Crippen LogP contribution is 2.30. The molecule has 3 aromatic rings. The van der Waals surface area contributed by atoms with Crippen LogP contribution in [0.3, 0.4) is 0 Å². The summed E-state index contributed by atoms with van der Waals surface area (Å²) in [6.07, 6.45) is 0.786. The zero-order chi connectivity index (χ0) is 20.2. The highest BCUT2D eigenvalue weighted by atomic mass is 32.1. The van der Waals surface area contributed by atoms with E-state index >= 15 is 0 Å². The molecule has 1 aromatic heterocycles.